The number of amidine groups is 1. The predicted octanol–water partition coefficient (Wildman–Crippen LogP) is 6.08. The van der Waals surface area contributed by atoms with Gasteiger partial charge in [0.2, 0.25) is 5.91 Å². The van der Waals surface area contributed by atoms with Crippen LogP contribution in [0.15, 0.2) is 77.4 Å². The van der Waals surface area contributed by atoms with Crippen LogP contribution in [0.4, 0.5) is 11.4 Å². The van der Waals surface area contributed by atoms with Gasteiger partial charge in [0.05, 0.1) is 18.6 Å². The van der Waals surface area contributed by atoms with Crippen LogP contribution in [0.1, 0.15) is 16.7 Å². The molecule has 0 fully saturated rings. The minimum atomic E-state index is -0.244. The Morgan fingerprint density at radius 3 is 2.34 bits per heavy atom. The molecule has 0 spiro atoms. The number of rotatable bonds is 6. The number of halogens is 1. The molecule has 0 saturated carbocycles. The quantitative estimate of drug-likeness (QED) is 0.412. The third kappa shape index (κ3) is 6.12. The molecule has 0 bridgehead atoms. The Hall–Kier alpha value is -3.55. The second-order valence-electron chi connectivity index (χ2n) is 8.03. The Morgan fingerprint density at radius 2 is 1.71 bits per heavy atom. The van der Waals surface area contributed by atoms with E-state index >= 15 is 0 Å². The molecule has 8 heteroatoms. The maximum absolute atomic E-state index is 13.4. The average Bonchev–Trinajstić information content (AvgIpc) is 3.14. The number of nitrogens with zero attached hydrogens (tertiary/aromatic N) is 2. The summed E-state index contributed by atoms with van der Waals surface area (Å²) in [7, 11) is 1.60. The van der Waals surface area contributed by atoms with Crippen molar-refractivity contribution in [2.75, 3.05) is 23.1 Å². The van der Waals surface area contributed by atoms with Gasteiger partial charge in [0.15, 0.2) is 5.17 Å². The molecule has 0 atom stereocenters. The number of thioether (sulfide) groups is 1. The molecular weight excluding hydrogens is 482 g/mol. The number of hydrogen-bond donors (Lipinski definition) is 1. The number of amides is 2. The fourth-order valence-corrected chi connectivity index (χ4v) is 4.56. The number of hydrogen-bond acceptors (Lipinski definition) is 5. The van der Waals surface area contributed by atoms with Gasteiger partial charge in [0.1, 0.15) is 11.4 Å². The van der Waals surface area contributed by atoms with E-state index in [9.17, 15) is 9.59 Å². The van der Waals surface area contributed by atoms with E-state index in [2.05, 4.69) is 10.3 Å². The van der Waals surface area contributed by atoms with Crippen LogP contribution < -0.4 is 15.0 Å². The molecule has 0 aliphatic carbocycles. The minimum absolute atomic E-state index is 0.0891. The first-order valence-corrected chi connectivity index (χ1v) is 12.2. The highest BCUT2D eigenvalue weighted by Gasteiger charge is 2.32. The van der Waals surface area contributed by atoms with E-state index in [0.717, 1.165) is 28.1 Å². The zero-order valence-corrected chi connectivity index (χ0v) is 21.1. The lowest BCUT2D eigenvalue weighted by Gasteiger charge is -2.19. The molecule has 3 aromatic rings. The van der Waals surface area contributed by atoms with Crippen LogP contribution in [0, 0.1) is 13.8 Å². The number of benzene rings is 3. The standard InChI is InChI=1S/C27H24ClN3O3S/c1-17-12-18(2)14-22(13-17)31-26(33)24(15-19-4-10-23(34-3)11-5-19)30-27(31)35-16-25(32)29-21-8-6-20(28)7-9-21/h4-15H,16H2,1-3H3,(H,29,32)/b24-15-. The summed E-state index contributed by atoms with van der Waals surface area (Å²) in [6, 6.07) is 20.2. The van der Waals surface area contributed by atoms with Gasteiger partial charge in [-0.1, -0.05) is 41.6 Å². The van der Waals surface area contributed by atoms with Crippen LogP contribution in [0.5, 0.6) is 5.75 Å². The maximum Gasteiger partial charge on any atom is 0.283 e. The molecule has 1 aliphatic rings. The van der Waals surface area contributed by atoms with Crippen molar-refractivity contribution in [1.29, 1.82) is 0 Å². The van der Waals surface area contributed by atoms with E-state index in [4.69, 9.17) is 16.3 Å². The normalized spacial score (nSPS) is 14.3. The van der Waals surface area contributed by atoms with Gasteiger partial charge in [0, 0.05) is 10.7 Å². The van der Waals surface area contributed by atoms with Gasteiger partial charge in [-0.25, -0.2) is 4.99 Å². The molecule has 35 heavy (non-hydrogen) atoms. The summed E-state index contributed by atoms with van der Waals surface area (Å²) in [5.74, 6) is 0.367. The van der Waals surface area contributed by atoms with Crippen LogP contribution in [0.3, 0.4) is 0 Å². The number of aliphatic imine (C=N–C) groups is 1. The number of anilines is 2. The van der Waals surface area contributed by atoms with Crippen molar-refractivity contribution in [2.45, 2.75) is 13.8 Å². The minimum Gasteiger partial charge on any atom is -0.497 e. The molecule has 1 N–H and O–H groups in total. The Balaban J connectivity index is 1.59. The third-order valence-electron chi connectivity index (χ3n) is 5.17. The summed E-state index contributed by atoms with van der Waals surface area (Å²) in [5, 5.41) is 3.88. The van der Waals surface area contributed by atoms with Crippen LogP contribution in [-0.4, -0.2) is 29.8 Å². The van der Waals surface area contributed by atoms with Gasteiger partial charge >= 0.3 is 0 Å². The van der Waals surface area contributed by atoms with Crippen LogP contribution in [0.2, 0.25) is 5.02 Å². The number of carbonyl (C=O) groups is 2. The lowest BCUT2D eigenvalue weighted by Crippen LogP contribution is -2.31. The van der Waals surface area contributed by atoms with Crippen molar-refractivity contribution < 1.29 is 14.3 Å². The average molecular weight is 506 g/mol. The largest absolute Gasteiger partial charge is 0.497 e. The predicted molar refractivity (Wildman–Crippen MR) is 144 cm³/mol. The molecule has 0 radical (unpaired) electrons. The van der Waals surface area contributed by atoms with E-state index in [-0.39, 0.29) is 17.6 Å². The molecule has 0 saturated heterocycles. The van der Waals surface area contributed by atoms with Crippen molar-refractivity contribution in [3.05, 3.63) is 94.1 Å². The fourth-order valence-electron chi connectivity index (χ4n) is 3.62. The first-order chi connectivity index (χ1) is 16.8. The van der Waals surface area contributed by atoms with Crippen molar-refractivity contribution in [1.82, 2.24) is 0 Å². The molecule has 2 amide bonds. The van der Waals surface area contributed by atoms with E-state index in [1.807, 2.05) is 56.3 Å². The zero-order chi connectivity index (χ0) is 24.9. The van der Waals surface area contributed by atoms with E-state index in [1.54, 1.807) is 42.4 Å². The second kappa shape index (κ2) is 10.8. The molecule has 6 nitrogen and oxygen atoms in total. The topological polar surface area (TPSA) is 71.0 Å². The highest BCUT2D eigenvalue weighted by molar-refractivity contribution is 8.14. The Labute approximate surface area is 213 Å². The van der Waals surface area contributed by atoms with Gasteiger partial charge in [-0.15, -0.1) is 0 Å². The lowest BCUT2D eigenvalue weighted by molar-refractivity contribution is -0.114. The lowest BCUT2D eigenvalue weighted by atomic mass is 10.1. The fraction of sp³-hybridized carbons (Fsp3) is 0.148. The van der Waals surface area contributed by atoms with Crippen LogP contribution in [0.25, 0.3) is 6.08 Å². The van der Waals surface area contributed by atoms with E-state index in [0.29, 0.717) is 21.6 Å². The molecule has 0 aromatic heterocycles. The first-order valence-electron chi connectivity index (χ1n) is 10.9. The van der Waals surface area contributed by atoms with Crippen LogP contribution >= 0.6 is 23.4 Å². The molecule has 1 aliphatic heterocycles. The highest BCUT2D eigenvalue weighted by Crippen LogP contribution is 2.31. The number of methoxy groups -OCH3 is 1. The van der Waals surface area contributed by atoms with Crippen molar-refractivity contribution in [3.63, 3.8) is 0 Å². The summed E-state index contributed by atoms with van der Waals surface area (Å²) in [6.07, 6.45) is 1.73. The molecular formula is C27H24ClN3O3S. The summed E-state index contributed by atoms with van der Waals surface area (Å²) in [5.41, 5.74) is 4.56. The summed E-state index contributed by atoms with van der Waals surface area (Å²) >= 11 is 7.12. The molecule has 178 valence electrons. The van der Waals surface area contributed by atoms with Crippen LogP contribution in [-0.2, 0) is 9.59 Å². The number of carbonyl (C=O) groups excluding carboxylic acids is 2. The maximum atomic E-state index is 13.4. The summed E-state index contributed by atoms with van der Waals surface area (Å²) in [6.45, 7) is 3.96. The van der Waals surface area contributed by atoms with Crippen molar-refractivity contribution in [2.24, 2.45) is 4.99 Å². The molecule has 0 unspecified atom stereocenters. The second-order valence-corrected chi connectivity index (χ2v) is 9.41. The Bertz CT molecular complexity index is 1300. The van der Waals surface area contributed by atoms with Gasteiger partial charge in [0.25, 0.3) is 5.91 Å². The number of nitrogens with one attached hydrogen (secondary N) is 1. The van der Waals surface area contributed by atoms with Gasteiger partial charge in [-0.3, -0.25) is 14.5 Å². The summed E-state index contributed by atoms with van der Waals surface area (Å²) in [4.78, 5) is 32.2. The van der Waals surface area contributed by atoms with Crippen molar-refractivity contribution >= 4 is 57.8 Å². The zero-order valence-electron chi connectivity index (χ0n) is 19.5. The smallest absolute Gasteiger partial charge is 0.283 e. The Kier molecular flexibility index (Phi) is 7.58. The number of aryl methyl sites for hydroxylation is 2. The Morgan fingerprint density at radius 1 is 1.06 bits per heavy atom. The first kappa shape index (κ1) is 24.6. The number of ether oxygens (including phenoxy) is 1. The molecule has 1 heterocycles. The van der Waals surface area contributed by atoms with Crippen molar-refractivity contribution in [3.8, 4) is 5.75 Å². The van der Waals surface area contributed by atoms with Gasteiger partial charge < -0.3 is 10.1 Å². The SMILES string of the molecule is COc1ccc(/C=C2\N=C(SCC(=O)Nc3ccc(Cl)cc3)N(c3cc(C)cc(C)c3)C2=O)cc1. The molecule has 4 rings (SSSR count). The third-order valence-corrected chi connectivity index (χ3v) is 6.36. The molecule has 3 aromatic carbocycles. The summed E-state index contributed by atoms with van der Waals surface area (Å²) < 4.78 is 5.21. The van der Waals surface area contributed by atoms with Gasteiger partial charge in [-0.05, 0) is 85.1 Å². The van der Waals surface area contributed by atoms with E-state index < -0.39 is 0 Å². The monoisotopic (exact) mass is 505 g/mol. The van der Waals surface area contributed by atoms with Gasteiger partial charge in [-0.2, -0.15) is 0 Å². The highest BCUT2D eigenvalue weighted by atomic mass is 35.5. The van der Waals surface area contributed by atoms with E-state index in [1.165, 1.54) is 11.8 Å².